The van der Waals surface area contributed by atoms with Gasteiger partial charge >= 0.3 is 0 Å². The third-order valence-corrected chi connectivity index (χ3v) is 3.30. The summed E-state index contributed by atoms with van der Waals surface area (Å²) in [4.78, 5) is 25.1. The molecule has 2 aromatic carbocycles. The molecule has 0 aliphatic rings. The van der Waals surface area contributed by atoms with Crippen molar-refractivity contribution in [3.8, 4) is 0 Å². The molecule has 3 N–H and O–H groups in total. The van der Waals surface area contributed by atoms with E-state index >= 15 is 0 Å². The topological polar surface area (TPSA) is 73.5 Å². The van der Waals surface area contributed by atoms with Crippen molar-refractivity contribution in [1.29, 1.82) is 0 Å². The number of hydrogen-bond donors (Lipinski definition) is 3. The van der Waals surface area contributed by atoms with Gasteiger partial charge < -0.3 is 20.9 Å². The van der Waals surface area contributed by atoms with Crippen LogP contribution in [0.3, 0.4) is 0 Å². The summed E-state index contributed by atoms with van der Waals surface area (Å²) in [6.07, 6.45) is 0. The van der Waals surface area contributed by atoms with Crippen molar-refractivity contribution in [2.75, 3.05) is 41.5 Å². The quantitative estimate of drug-likeness (QED) is 0.763. The monoisotopic (exact) mass is 326 g/mol. The van der Waals surface area contributed by atoms with Crippen molar-refractivity contribution in [1.82, 2.24) is 0 Å². The lowest BCUT2D eigenvalue weighted by Crippen LogP contribution is -2.21. The molecule has 0 aliphatic carbocycles. The van der Waals surface area contributed by atoms with Crippen molar-refractivity contribution in [2.45, 2.75) is 6.92 Å². The van der Waals surface area contributed by atoms with Crippen molar-refractivity contribution in [3.63, 3.8) is 0 Å². The second kappa shape index (κ2) is 8.01. The van der Waals surface area contributed by atoms with E-state index < -0.39 is 0 Å². The number of amides is 2. The Morgan fingerprint density at radius 2 is 1.54 bits per heavy atom. The molecule has 0 aromatic heterocycles. The summed E-state index contributed by atoms with van der Waals surface area (Å²) in [5, 5.41) is 8.55. The van der Waals surface area contributed by atoms with Gasteiger partial charge in [0, 0.05) is 43.8 Å². The van der Waals surface area contributed by atoms with Gasteiger partial charge in [-0.1, -0.05) is 6.07 Å². The highest BCUT2D eigenvalue weighted by molar-refractivity contribution is 5.95. The Labute approximate surface area is 141 Å². The van der Waals surface area contributed by atoms with Crippen molar-refractivity contribution < 1.29 is 9.59 Å². The third-order valence-electron chi connectivity index (χ3n) is 3.30. The summed E-state index contributed by atoms with van der Waals surface area (Å²) in [6, 6.07) is 14.9. The molecule has 6 nitrogen and oxygen atoms in total. The highest BCUT2D eigenvalue weighted by atomic mass is 16.2. The number of hydrogen-bond acceptors (Lipinski definition) is 4. The zero-order chi connectivity index (χ0) is 17.5. The number of rotatable bonds is 6. The van der Waals surface area contributed by atoms with E-state index in [0.717, 1.165) is 11.4 Å². The molecule has 6 heteroatoms. The highest BCUT2D eigenvalue weighted by Crippen LogP contribution is 2.16. The Hall–Kier alpha value is -3.02. The fourth-order valence-electron chi connectivity index (χ4n) is 2.14. The van der Waals surface area contributed by atoms with E-state index in [-0.39, 0.29) is 18.4 Å². The van der Waals surface area contributed by atoms with Gasteiger partial charge in [-0.25, -0.2) is 0 Å². The van der Waals surface area contributed by atoms with E-state index in [2.05, 4.69) is 16.0 Å². The van der Waals surface area contributed by atoms with Crippen LogP contribution in [0.4, 0.5) is 22.7 Å². The van der Waals surface area contributed by atoms with Crippen molar-refractivity contribution >= 4 is 34.6 Å². The van der Waals surface area contributed by atoms with Gasteiger partial charge in [0.05, 0.1) is 6.54 Å². The van der Waals surface area contributed by atoms with Crippen LogP contribution in [0, 0.1) is 0 Å². The average Bonchev–Trinajstić information content (AvgIpc) is 2.53. The molecule has 0 radical (unpaired) electrons. The van der Waals surface area contributed by atoms with Crippen LogP contribution < -0.4 is 20.9 Å². The number of carbonyl (C=O) groups excluding carboxylic acids is 2. The van der Waals surface area contributed by atoms with Crippen LogP contribution in [0.15, 0.2) is 48.5 Å². The molecule has 0 atom stereocenters. The fourth-order valence-corrected chi connectivity index (χ4v) is 2.14. The van der Waals surface area contributed by atoms with Crippen LogP contribution in [0.25, 0.3) is 0 Å². The predicted molar refractivity (Wildman–Crippen MR) is 98.6 cm³/mol. The van der Waals surface area contributed by atoms with Crippen molar-refractivity contribution in [3.05, 3.63) is 48.5 Å². The Morgan fingerprint density at radius 3 is 2.12 bits per heavy atom. The van der Waals surface area contributed by atoms with Crippen LogP contribution in [-0.2, 0) is 9.59 Å². The van der Waals surface area contributed by atoms with E-state index in [4.69, 9.17) is 0 Å². The summed E-state index contributed by atoms with van der Waals surface area (Å²) in [5.74, 6) is -0.312. The second-order valence-corrected chi connectivity index (χ2v) is 5.61. The van der Waals surface area contributed by atoms with Gasteiger partial charge in [0.25, 0.3) is 0 Å². The van der Waals surface area contributed by atoms with E-state index in [0.29, 0.717) is 11.4 Å². The molecular weight excluding hydrogens is 304 g/mol. The van der Waals surface area contributed by atoms with Gasteiger partial charge in [0.2, 0.25) is 11.8 Å². The van der Waals surface area contributed by atoms with Crippen molar-refractivity contribution in [2.24, 2.45) is 0 Å². The number of benzene rings is 2. The summed E-state index contributed by atoms with van der Waals surface area (Å²) in [5.41, 5.74) is 3.26. The zero-order valence-corrected chi connectivity index (χ0v) is 14.1. The molecule has 0 saturated carbocycles. The molecule has 0 spiro atoms. The first-order chi connectivity index (χ1) is 11.4. The van der Waals surface area contributed by atoms with Gasteiger partial charge in [0.1, 0.15) is 0 Å². The van der Waals surface area contributed by atoms with Gasteiger partial charge in [-0.3, -0.25) is 9.59 Å². The van der Waals surface area contributed by atoms with E-state index in [1.54, 1.807) is 24.3 Å². The molecule has 0 bridgehead atoms. The normalized spacial score (nSPS) is 9.96. The molecule has 0 unspecified atom stereocenters. The highest BCUT2D eigenvalue weighted by Gasteiger charge is 2.04. The number of carbonyl (C=O) groups is 2. The molecule has 126 valence electrons. The smallest absolute Gasteiger partial charge is 0.243 e. The van der Waals surface area contributed by atoms with E-state index in [1.807, 2.05) is 43.3 Å². The Morgan fingerprint density at radius 1 is 0.917 bits per heavy atom. The van der Waals surface area contributed by atoms with Crippen LogP contribution in [0.2, 0.25) is 0 Å². The third kappa shape index (κ3) is 5.31. The van der Waals surface area contributed by atoms with Crippen LogP contribution in [-0.4, -0.2) is 32.5 Å². The maximum Gasteiger partial charge on any atom is 0.243 e. The minimum atomic E-state index is -0.160. The van der Waals surface area contributed by atoms with Crippen LogP contribution >= 0.6 is 0 Å². The average molecular weight is 326 g/mol. The lowest BCUT2D eigenvalue weighted by molar-refractivity contribution is -0.115. The van der Waals surface area contributed by atoms with E-state index in [9.17, 15) is 9.59 Å². The standard InChI is InChI=1S/C18H22N4O2/c1-13(23)20-15-5-4-6-16(11-15)21-18(24)12-19-14-7-9-17(10-8-14)22(2)3/h4-11,19H,12H2,1-3H3,(H,20,23)(H,21,24). The lowest BCUT2D eigenvalue weighted by Gasteiger charge is -2.13. The number of anilines is 4. The second-order valence-electron chi connectivity index (χ2n) is 5.61. The first-order valence-corrected chi connectivity index (χ1v) is 7.63. The number of nitrogens with one attached hydrogen (secondary N) is 3. The molecule has 0 aliphatic heterocycles. The molecular formula is C18H22N4O2. The predicted octanol–water partition coefficient (Wildman–Crippen LogP) is 2.76. The van der Waals surface area contributed by atoms with Crippen LogP contribution in [0.1, 0.15) is 6.92 Å². The van der Waals surface area contributed by atoms with E-state index in [1.165, 1.54) is 6.92 Å². The Kier molecular flexibility index (Phi) is 5.78. The Bertz CT molecular complexity index is 711. The molecule has 2 rings (SSSR count). The summed E-state index contributed by atoms with van der Waals surface area (Å²) < 4.78 is 0. The van der Waals surface area contributed by atoms with Gasteiger partial charge in [-0.2, -0.15) is 0 Å². The zero-order valence-electron chi connectivity index (χ0n) is 14.1. The Balaban J connectivity index is 1.88. The number of nitrogens with zero attached hydrogens (tertiary/aromatic N) is 1. The van der Waals surface area contributed by atoms with Gasteiger partial charge in [-0.05, 0) is 42.5 Å². The first kappa shape index (κ1) is 17.3. The molecule has 0 heterocycles. The largest absolute Gasteiger partial charge is 0.378 e. The minimum absolute atomic E-state index is 0.152. The molecule has 0 fully saturated rings. The van der Waals surface area contributed by atoms with Crippen LogP contribution in [0.5, 0.6) is 0 Å². The molecule has 2 amide bonds. The van der Waals surface area contributed by atoms with Gasteiger partial charge in [0.15, 0.2) is 0 Å². The summed E-state index contributed by atoms with van der Waals surface area (Å²) in [7, 11) is 3.95. The maximum absolute atomic E-state index is 12.0. The SMILES string of the molecule is CC(=O)Nc1cccc(NC(=O)CNc2ccc(N(C)C)cc2)c1. The summed E-state index contributed by atoms with van der Waals surface area (Å²) >= 11 is 0. The van der Waals surface area contributed by atoms with Gasteiger partial charge in [-0.15, -0.1) is 0 Å². The lowest BCUT2D eigenvalue weighted by atomic mass is 10.2. The maximum atomic E-state index is 12.0. The minimum Gasteiger partial charge on any atom is -0.378 e. The first-order valence-electron chi connectivity index (χ1n) is 7.63. The molecule has 24 heavy (non-hydrogen) atoms. The fraction of sp³-hybridized carbons (Fsp3) is 0.222. The molecule has 0 saturated heterocycles. The summed E-state index contributed by atoms with van der Waals surface area (Å²) in [6.45, 7) is 1.60. The molecule has 2 aromatic rings.